The van der Waals surface area contributed by atoms with Gasteiger partial charge in [-0.05, 0) is 6.42 Å². The summed E-state index contributed by atoms with van der Waals surface area (Å²) in [5.41, 5.74) is 0. The van der Waals surface area contributed by atoms with E-state index in [1.54, 1.807) is 0 Å². The van der Waals surface area contributed by atoms with Crippen molar-refractivity contribution in [2.24, 2.45) is 0 Å². The van der Waals surface area contributed by atoms with Crippen molar-refractivity contribution in [3.63, 3.8) is 0 Å². The summed E-state index contributed by atoms with van der Waals surface area (Å²) in [6.45, 7) is 2.37. The van der Waals surface area contributed by atoms with E-state index >= 15 is 0 Å². The van der Waals surface area contributed by atoms with Gasteiger partial charge in [0.15, 0.2) is 0 Å². The van der Waals surface area contributed by atoms with Crippen LogP contribution in [-0.2, 0) is 49.1 Å². The average Bonchev–Trinajstić information content (AvgIpc) is 2.81. The number of rotatable bonds is 13. The van der Waals surface area contributed by atoms with E-state index in [2.05, 4.69) is 65.6 Å². The van der Waals surface area contributed by atoms with Crippen LogP contribution in [0.15, 0.2) is 0 Å². The summed E-state index contributed by atoms with van der Waals surface area (Å²) < 4.78 is 9.37. The fourth-order valence-corrected chi connectivity index (χ4v) is 3.20. The zero-order valence-corrected chi connectivity index (χ0v) is 25.8. The molecule has 21 heteroatoms. The Balaban J connectivity index is -0.00000126. The summed E-state index contributed by atoms with van der Waals surface area (Å²) >= 11 is 8.19. The molecule has 0 saturated heterocycles. The van der Waals surface area contributed by atoms with Gasteiger partial charge in [0.1, 0.15) is 12.1 Å². The summed E-state index contributed by atoms with van der Waals surface area (Å²) in [5.74, 6) is -2.56. The predicted molar refractivity (Wildman–Crippen MR) is 143 cm³/mol. The number of aliphatic carboxylic acids is 2. The first-order chi connectivity index (χ1) is 17.6. The topological polar surface area (TPSA) is 263 Å². The number of aromatic nitrogens is 3. The molecule has 0 amide bonds. The first-order valence-electron chi connectivity index (χ1n) is 10.6. The van der Waals surface area contributed by atoms with Crippen molar-refractivity contribution < 1.29 is 73.7 Å². The largest absolute Gasteiger partial charge is 0.492 e. The number of ether oxygens (including phenoxy) is 2. The SMILES string of the molecule is CC(=O)O.CC(=O)O.COC(=O)[C@H](CS)Nc1nc(NCCC[Si](O)(O)O)nc(N[C@@H](CS)C(=O)OC)n1.[Pd]. The number of thiol groups is 2. The van der Waals surface area contributed by atoms with Gasteiger partial charge in [-0.2, -0.15) is 40.2 Å². The van der Waals surface area contributed by atoms with Crippen LogP contribution in [0.5, 0.6) is 0 Å². The minimum absolute atomic E-state index is 0. The molecule has 0 aromatic carbocycles. The summed E-state index contributed by atoms with van der Waals surface area (Å²) in [4.78, 5) is 81.2. The van der Waals surface area contributed by atoms with Gasteiger partial charge >= 0.3 is 20.7 Å². The fraction of sp³-hybridized carbons (Fsp3) is 0.611. The van der Waals surface area contributed by atoms with Crippen LogP contribution in [-0.4, -0.2) is 117 Å². The van der Waals surface area contributed by atoms with Crippen molar-refractivity contribution in [3.05, 3.63) is 0 Å². The molecule has 0 unspecified atom stereocenters. The maximum atomic E-state index is 11.8. The van der Waals surface area contributed by atoms with Crippen LogP contribution in [0, 0.1) is 0 Å². The van der Waals surface area contributed by atoms with Gasteiger partial charge in [-0.1, -0.05) is 0 Å². The molecular formula is C18H34N6O11PdS2Si. The van der Waals surface area contributed by atoms with Crippen LogP contribution < -0.4 is 16.0 Å². The smallest absolute Gasteiger partial charge is 0.481 e. The van der Waals surface area contributed by atoms with E-state index in [0.29, 0.717) is 0 Å². The molecule has 0 fully saturated rings. The third-order valence-electron chi connectivity index (χ3n) is 3.55. The van der Waals surface area contributed by atoms with Crippen molar-refractivity contribution >= 4 is 75.8 Å². The van der Waals surface area contributed by atoms with Crippen LogP contribution in [0.4, 0.5) is 17.8 Å². The van der Waals surface area contributed by atoms with Crippen molar-refractivity contribution in [1.29, 1.82) is 0 Å². The second-order valence-electron chi connectivity index (χ2n) is 6.95. The zero-order valence-electron chi connectivity index (χ0n) is 21.4. The number of carboxylic acid groups (broad SMARTS) is 2. The molecule has 0 spiro atoms. The van der Waals surface area contributed by atoms with Gasteiger partial charge in [0.05, 0.1) is 14.2 Å². The maximum absolute atomic E-state index is 11.8. The molecule has 1 aromatic rings. The monoisotopic (exact) mass is 708 g/mol. The van der Waals surface area contributed by atoms with Gasteiger partial charge < -0.3 is 50.0 Å². The Kier molecular flexibility index (Phi) is 23.8. The average molecular weight is 709 g/mol. The van der Waals surface area contributed by atoms with Crippen LogP contribution in [0.3, 0.4) is 0 Å². The molecule has 228 valence electrons. The number of methoxy groups -OCH3 is 2. The minimum atomic E-state index is -4.14. The van der Waals surface area contributed by atoms with Gasteiger partial charge in [0, 0.05) is 58.4 Å². The molecular weight excluding hydrogens is 675 g/mol. The molecule has 39 heavy (non-hydrogen) atoms. The summed E-state index contributed by atoms with van der Waals surface area (Å²) in [7, 11) is -1.68. The first-order valence-corrected chi connectivity index (χ1v) is 13.9. The van der Waals surface area contributed by atoms with Crippen LogP contribution >= 0.6 is 25.3 Å². The summed E-state index contributed by atoms with van der Waals surface area (Å²) in [6, 6.07) is -1.85. The molecule has 0 bridgehead atoms. The Labute approximate surface area is 250 Å². The Morgan fingerprint density at radius 3 is 1.44 bits per heavy atom. The molecule has 1 heterocycles. The summed E-state index contributed by atoms with van der Waals surface area (Å²) in [5, 5.41) is 23.2. The molecule has 0 saturated carbocycles. The van der Waals surface area contributed by atoms with Gasteiger partial charge in [-0.25, -0.2) is 9.59 Å². The molecule has 0 aliphatic heterocycles. The molecule has 0 radical (unpaired) electrons. The standard InChI is InChI=1S/C14H26N6O7S2Si.2C2H4O2.Pd/c1-26-10(21)8(6-28)16-13-18-12(15-4-3-5-30(23,24)25)19-14(20-13)17-9(7-29)11(22)27-2;2*1-2(3)4;/h8-9,23-25,28-29H,3-7H2,1-2H3,(H3,15,16,17,18,19,20);2*1H3,(H,3,4);/t8-,9-;;;/m0.../s1. The van der Waals surface area contributed by atoms with Gasteiger partial charge in [-0.3, -0.25) is 9.59 Å². The van der Waals surface area contributed by atoms with Crippen molar-refractivity contribution in [2.75, 3.05) is 48.2 Å². The van der Waals surface area contributed by atoms with Crippen molar-refractivity contribution in [3.8, 4) is 0 Å². The normalized spacial score (nSPS) is 11.4. The molecule has 2 atom stereocenters. The Hall–Kier alpha value is -2.25. The number of anilines is 3. The molecule has 8 N–H and O–H groups in total. The third-order valence-corrected chi connectivity index (χ3v) is 5.31. The number of hydrogen-bond acceptors (Lipinski definition) is 17. The maximum Gasteiger partial charge on any atom is 0.492 e. The Bertz CT molecular complexity index is 837. The van der Waals surface area contributed by atoms with E-state index in [4.69, 9.17) is 34.2 Å². The number of esters is 2. The number of carbonyl (C=O) groups is 4. The predicted octanol–water partition coefficient (Wildman–Crippen LogP) is -1.46. The third kappa shape index (κ3) is 23.4. The molecule has 0 aliphatic carbocycles. The Morgan fingerprint density at radius 1 is 0.821 bits per heavy atom. The fourth-order valence-electron chi connectivity index (χ4n) is 2.06. The quantitative estimate of drug-likeness (QED) is 0.0485. The van der Waals surface area contributed by atoms with E-state index in [9.17, 15) is 9.59 Å². The number of carboxylic acids is 2. The number of hydrogen-bond donors (Lipinski definition) is 10. The number of nitrogens with zero attached hydrogens (tertiary/aromatic N) is 3. The Morgan fingerprint density at radius 2 is 1.15 bits per heavy atom. The first kappa shape index (κ1) is 41.2. The molecule has 17 nitrogen and oxygen atoms in total. The van der Waals surface area contributed by atoms with E-state index in [1.807, 2.05) is 0 Å². The van der Waals surface area contributed by atoms with Crippen LogP contribution in [0.1, 0.15) is 20.3 Å². The number of nitrogens with one attached hydrogen (secondary N) is 3. The van der Waals surface area contributed by atoms with Crippen LogP contribution in [0.2, 0.25) is 6.04 Å². The van der Waals surface area contributed by atoms with E-state index < -0.39 is 44.8 Å². The second-order valence-corrected chi connectivity index (χ2v) is 9.73. The minimum Gasteiger partial charge on any atom is -0.481 e. The van der Waals surface area contributed by atoms with Crippen molar-refractivity contribution in [1.82, 2.24) is 15.0 Å². The van der Waals surface area contributed by atoms with Gasteiger partial charge in [-0.15, -0.1) is 0 Å². The van der Waals surface area contributed by atoms with Gasteiger partial charge in [0.2, 0.25) is 17.8 Å². The van der Waals surface area contributed by atoms with E-state index in [-0.39, 0.29) is 68.8 Å². The molecule has 1 rings (SSSR count). The number of carbonyl (C=O) groups excluding carboxylic acids is 2. The molecule has 1 aromatic heterocycles. The van der Waals surface area contributed by atoms with E-state index in [1.165, 1.54) is 14.2 Å². The zero-order chi connectivity index (χ0) is 29.9. The van der Waals surface area contributed by atoms with Crippen LogP contribution in [0.25, 0.3) is 0 Å². The second kappa shape index (κ2) is 22.6. The van der Waals surface area contributed by atoms with Gasteiger partial charge in [0.25, 0.3) is 11.9 Å². The van der Waals surface area contributed by atoms with E-state index in [0.717, 1.165) is 13.8 Å². The molecule has 0 aliphatic rings. The van der Waals surface area contributed by atoms with Crippen molar-refractivity contribution in [2.45, 2.75) is 38.4 Å². The summed E-state index contributed by atoms with van der Waals surface area (Å²) in [6.07, 6.45) is 0.232.